The minimum Gasteiger partial charge on any atom is -0.351 e. The summed E-state index contributed by atoms with van der Waals surface area (Å²) in [6.45, 7) is 2.16. The van der Waals surface area contributed by atoms with Crippen LogP contribution in [0.2, 0.25) is 0 Å². The van der Waals surface area contributed by atoms with Gasteiger partial charge in [0.2, 0.25) is 5.95 Å². The molecule has 2 atom stereocenters. The number of nitrogens with two attached hydrogens (primary N) is 1. The number of aryl methyl sites for hydroxylation is 1. The summed E-state index contributed by atoms with van der Waals surface area (Å²) in [4.78, 5) is 9.64. The van der Waals surface area contributed by atoms with Gasteiger partial charge in [-0.2, -0.15) is 0 Å². The molecule has 0 bridgehead atoms. The van der Waals surface area contributed by atoms with Gasteiger partial charge in [0.15, 0.2) is 0 Å². The molecule has 0 aliphatic heterocycles. The number of anilines is 1. The van der Waals surface area contributed by atoms with Crippen LogP contribution in [0.5, 0.6) is 0 Å². The minimum atomic E-state index is 0.268. The molecule has 2 heterocycles. The zero-order valence-electron chi connectivity index (χ0n) is 18.0. The van der Waals surface area contributed by atoms with Gasteiger partial charge in [-0.05, 0) is 55.9 Å². The van der Waals surface area contributed by atoms with E-state index >= 15 is 0 Å². The molecule has 5 heteroatoms. The van der Waals surface area contributed by atoms with E-state index in [1.54, 1.807) is 0 Å². The third kappa shape index (κ3) is 3.93. The fourth-order valence-electron chi connectivity index (χ4n) is 4.68. The molecule has 0 amide bonds. The molecule has 1 saturated carbocycles. The standard InChI is InChI=1S/C26H29N5/c1-2-18-16-28-26(29-20-10-8-9-19(27)15-20)30-25(18)23-17-31(21-11-4-3-5-12-21)24-14-7-6-13-22(23)24/h3-7,11-14,16-17,19-20H,2,8-10,15,27H2,1H3,(H,28,29,30)/t19-,20+/m0/s1. The Morgan fingerprint density at radius 2 is 1.87 bits per heavy atom. The highest BCUT2D eigenvalue weighted by molar-refractivity contribution is 5.97. The second kappa shape index (κ2) is 8.52. The van der Waals surface area contributed by atoms with Crippen molar-refractivity contribution >= 4 is 16.9 Å². The lowest BCUT2D eigenvalue weighted by atomic mass is 9.92. The normalized spacial score (nSPS) is 18.9. The van der Waals surface area contributed by atoms with Crippen molar-refractivity contribution in [3.63, 3.8) is 0 Å². The third-order valence-electron chi connectivity index (χ3n) is 6.29. The Kier molecular flexibility index (Phi) is 5.43. The number of nitrogens with one attached hydrogen (secondary N) is 1. The Morgan fingerprint density at radius 1 is 1.06 bits per heavy atom. The Hall–Kier alpha value is -3.18. The van der Waals surface area contributed by atoms with Crippen LogP contribution >= 0.6 is 0 Å². The molecule has 0 unspecified atom stereocenters. The van der Waals surface area contributed by atoms with E-state index < -0.39 is 0 Å². The Labute approximate surface area is 183 Å². The van der Waals surface area contributed by atoms with E-state index in [-0.39, 0.29) is 6.04 Å². The predicted octanol–water partition coefficient (Wildman–Crippen LogP) is 5.33. The van der Waals surface area contributed by atoms with Gasteiger partial charge in [-0.15, -0.1) is 0 Å². The lowest BCUT2D eigenvalue weighted by molar-refractivity contribution is 0.408. The largest absolute Gasteiger partial charge is 0.351 e. The molecular formula is C26H29N5. The van der Waals surface area contributed by atoms with Gasteiger partial charge in [-0.25, -0.2) is 9.97 Å². The maximum absolute atomic E-state index is 6.18. The number of rotatable bonds is 5. The fraction of sp³-hybridized carbons (Fsp3) is 0.308. The maximum atomic E-state index is 6.18. The summed E-state index contributed by atoms with van der Waals surface area (Å²) >= 11 is 0. The van der Waals surface area contributed by atoms with Gasteiger partial charge < -0.3 is 15.6 Å². The van der Waals surface area contributed by atoms with Gasteiger partial charge in [0, 0.05) is 41.1 Å². The van der Waals surface area contributed by atoms with Crippen LogP contribution in [-0.2, 0) is 6.42 Å². The van der Waals surface area contributed by atoms with Crippen molar-refractivity contribution in [2.24, 2.45) is 5.73 Å². The van der Waals surface area contributed by atoms with E-state index in [0.717, 1.165) is 54.6 Å². The second-order valence-corrected chi connectivity index (χ2v) is 8.45. The van der Waals surface area contributed by atoms with Crippen molar-refractivity contribution in [1.29, 1.82) is 0 Å². The topological polar surface area (TPSA) is 68.8 Å². The lowest BCUT2D eigenvalue weighted by Gasteiger charge is -2.27. The highest BCUT2D eigenvalue weighted by atomic mass is 15.1. The molecule has 0 spiro atoms. The number of benzene rings is 2. The van der Waals surface area contributed by atoms with Crippen molar-refractivity contribution in [3.05, 3.63) is 72.6 Å². The van der Waals surface area contributed by atoms with Crippen LogP contribution in [-0.4, -0.2) is 26.6 Å². The summed E-state index contributed by atoms with van der Waals surface area (Å²) in [5.41, 5.74) is 11.8. The molecule has 2 aromatic heterocycles. The highest BCUT2D eigenvalue weighted by Gasteiger charge is 2.21. The quantitative estimate of drug-likeness (QED) is 0.466. The van der Waals surface area contributed by atoms with Crippen molar-refractivity contribution in [2.45, 2.75) is 51.1 Å². The summed E-state index contributed by atoms with van der Waals surface area (Å²) < 4.78 is 2.25. The van der Waals surface area contributed by atoms with E-state index in [0.29, 0.717) is 12.0 Å². The Bertz CT molecular complexity index is 1180. The minimum absolute atomic E-state index is 0.268. The fourth-order valence-corrected chi connectivity index (χ4v) is 4.68. The van der Waals surface area contributed by atoms with Crippen LogP contribution in [0.15, 0.2) is 67.0 Å². The average Bonchev–Trinajstić information content (AvgIpc) is 3.19. The number of fused-ring (bicyclic) bond motifs is 1. The summed E-state index contributed by atoms with van der Waals surface area (Å²) in [7, 11) is 0. The van der Waals surface area contributed by atoms with E-state index in [1.807, 2.05) is 12.3 Å². The first-order chi connectivity index (χ1) is 15.2. The summed E-state index contributed by atoms with van der Waals surface area (Å²) in [6.07, 6.45) is 9.43. The monoisotopic (exact) mass is 411 g/mol. The molecule has 4 aromatic rings. The molecule has 0 radical (unpaired) electrons. The molecule has 1 fully saturated rings. The molecule has 2 aromatic carbocycles. The number of para-hydroxylation sites is 2. The first kappa shape index (κ1) is 19.8. The van der Waals surface area contributed by atoms with Crippen LogP contribution in [0.1, 0.15) is 38.2 Å². The molecule has 158 valence electrons. The zero-order chi connectivity index (χ0) is 21.2. The van der Waals surface area contributed by atoms with Crippen LogP contribution in [0.3, 0.4) is 0 Å². The summed E-state index contributed by atoms with van der Waals surface area (Å²) in [6, 6.07) is 19.6. The average molecular weight is 412 g/mol. The van der Waals surface area contributed by atoms with Crippen molar-refractivity contribution in [1.82, 2.24) is 14.5 Å². The van der Waals surface area contributed by atoms with Gasteiger partial charge in [-0.3, -0.25) is 0 Å². The van der Waals surface area contributed by atoms with E-state index in [4.69, 9.17) is 10.7 Å². The Balaban J connectivity index is 1.59. The maximum Gasteiger partial charge on any atom is 0.223 e. The van der Waals surface area contributed by atoms with E-state index in [9.17, 15) is 0 Å². The van der Waals surface area contributed by atoms with Crippen molar-refractivity contribution < 1.29 is 0 Å². The molecule has 5 nitrogen and oxygen atoms in total. The molecule has 3 N–H and O–H groups in total. The molecule has 1 aliphatic rings. The molecular weight excluding hydrogens is 382 g/mol. The lowest BCUT2D eigenvalue weighted by Crippen LogP contribution is -2.35. The van der Waals surface area contributed by atoms with Crippen molar-refractivity contribution in [2.75, 3.05) is 5.32 Å². The van der Waals surface area contributed by atoms with Crippen molar-refractivity contribution in [3.8, 4) is 16.9 Å². The van der Waals surface area contributed by atoms with Crippen LogP contribution in [0.25, 0.3) is 27.8 Å². The summed E-state index contributed by atoms with van der Waals surface area (Å²) in [5.74, 6) is 0.697. The first-order valence-electron chi connectivity index (χ1n) is 11.3. The molecule has 31 heavy (non-hydrogen) atoms. The van der Waals surface area contributed by atoms with Gasteiger partial charge in [-0.1, -0.05) is 43.3 Å². The van der Waals surface area contributed by atoms with Crippen LogP contribution < -0.4 is 11.1 Å². The SMILES string of the molecule is CCc1cnc(N[C@@H]2CCC[C@H](N)C2)nc1-c1cn(-c2ccccc2)c2ccccc12. The molecule has 1 aliphatic carbocycles. The highest BCUT2D eigenvalue weighted by Crippen LogP contribution is 2.34. The predicted molar refractivity (Wildman–Crippen MR) is 128 cm³/mol. The number of hydrogen-bond donors (Lipinski definition) is 2. The summed E-state index contributed by atoms with van der Waals surface area (Å²) in [5, 5.41) is 4.75. The van der Waals surface area contributed by atoms with Gasteiger partial charge >= 0.3 is 0 Å². The number of hydrogen-bond acceptors (Lipinski definition) is 4. The van der Waals surface area contributed by atoms with E-state index in [2.05, 4.69) is 76.5 Å². The second-order valence-electron chi connectivity index (χ2n) is 8.45. The van der Waals surface area contributed by atoms with Gasteiger partial charge in [0.1, 0.15) is 0 Å². The van der Waals surface area contributed by atoms with Crippen LogP contribution in [0.4, 0.5) is 5.95 Å². The molecule has 5 rings (SSSR count). The number of aromatic nitrogens is 3. The Morgan fingerprint density at radius 3 is 2.68 bits per heavy atom. The number of nitrogens with zero attached hydrogens (tertiary/aromatic N) is 3. The third-order valence-corrected chi connectivity index (χ3v) is 6.29. The zero-order valence-corrected chi connectivity index (χ0v) is 18.0. The molecule has 0 saturated heterocycles. The smallest absolute Gasteiger partial charge is 0.223 e. The van der Waals surface area contributed by atoms with E-state index in [1.165, 1.54) is 10.9 Å². The van der Waals surface area contributed by atoms with Gasteiger partial charge in [0.05, 0.1) is 11.2 Å². The first-order valence-corrected chi connectivity index (χ1v) is 11.3. The van der Waals surface area contributed by atoms with Gasteiger partial charge in [0.25, 0.3) is 0 Å². The van der Waals surface area contributed by atoms with Crippen LogP contribution in [0, 0.1) is 0 Å².